The first kappa shape index (κ1) is 21.0. The molecule has 1 aliphatic rings. The maximum absolute atomic E-state index is 11.3. The van der Waals surface area contributed by atoms with Crippen molar-refractivity contribution < 1.29 is 4.74 Å². The molecule has 4 rings (SSSR count). The molecule has 2 aromatic carbocycles. The van der Waals surface area contributed by atoms with Gasteiger partial charge in [-0.05, 0) is 56.1 Å². The van der Waals surface area contributed by atoms with Gasteiger partial charge in [0.15, 0.2) is 0 Å². The lowest BCUT2D eigenvalue weighted by Gasteiger charge is -2.42. The van der Waals surface area contributed by atoms with Crippen LogP contribution in [0.3, 0.4) is 0 Å². The zero-order chi connectivity index (χ0) is 21.0. The Labute approximate surface area is 184 Å². The van der Waals surface area contributed by atoms with Gasteiger partial charge in [-0.25, -0.2) is 9.89 Å². The molecule has 2 N–H and O–H groups in total. The van der Waals surface area contributed by atoms with Crippen molar-refractivity contribution in [3.63, 3.8) is 0 Å². The number of benzene rings is 2. The number of nitrogens with zero attached hydrogens (tertiary/aromatic N) is 2. The molecule has 1 fully saturated rings. The maximum atomic E-state index is 11.3. The minimum Gasteiger partial charge on any atom is -0.373 e. The van der Waals surface area contributed by atoms with Crippen molar-refractivity contribution in [1.82, 2.24) is 20.1 Å². The van der Waals surface area contributed by atoms with E-state index in [0.29, 0.717) is 19.0 Å². The average molecular weight is 471 g/mol. The van der Waals surface area contributed by atoms with Gasteiger partial charge in [-0.15, -0.1) is 0 Å². The fraction of sp³-hybridized carbons (Fsp3) is 0.391. The highest BCUT2D eigenvalue weighted by Gasteiger charge is 2.37. The Balaban J connectivity index is 1.46. The molecular formula is C23H27BrN4O2. The topological polar surface area (TPSA) is 74.0 Å². The number of aromatic amines is 2. The van der Waals surface area contributed by atoms with Crippen molar-refractivity contribution >= 4 is 15.9 Å². The van der Waals surface area contributed by atoms with E-state index >= 15 is 0 Å². The molecule has 0 amide bonds. The molecule has 158 valence electrons. The fourth-order valence-electron chi connectivity index (χ4n) is 4.18. The summed E-state index contributed by atoms with van der Waals surface area (Å²) in [5.41, 5.74) is 2.24. The van der Waals surface area contributed by atoms with Crippen molar-refractivity contribution in [3.05, 3.63) is 86.5 Å². The van der Waals surface area contributed by atoms with Gasteiger partial charge in [0.1, 0.15) is 5.82 Å². The first-order chi connectivity index (χ1) is 14.5. The number of piperidine rings is 1. The maximum Gasteiger partial charge on any atom is 0.340 e. The first-order valence-corrected chi connectivity index (χ1v) is 11.1. The van der Waals surface area contributed by atoms with Crippen LogP contribution in [-0.2, 0) is 16.7 Å². The number of ether oxygens (including phenoxy) is 1. The molecule has 0 saturated carbocycles. The largest absolute Gasteiger partial charge is 0.373 e. The Morgan fingerprint density at radius 1 is 1.17 bits per heavy atom. The Morgan fingerprint density at radius 3 is 2.60 bits per heavy atom. The van der Waals surface area contributed by atoms with E-state index in [4.69, 9.17) is 4.74 Å². The fourth-order valence-corrected chi connectivity index (χ4v) is 4.60. The van der Waals surface area contributed by atoms with Gasteiger partial charge in [0, 0.05) is 9.89 Å². The zero-order valence-corrected chi connectivity index (χ0v) is 18.7. The average Bonchev–Trinajstić information content (AvgIpc) is 3.18. The van der Waals surface area contributed by atoms with E-state index in [9.17, 15) is 4.79 Å². The van der Waals surface area contributed by atoms with E-state index in [1.54, 1.807) is 0 Å². The lowest BCUT2D eigenvalue weighted by atomic mass is 9.73. The second kappa shape index (κ2) is 9.29. The summed E-state index contributed by atoms with van der Waals surface area (Å²) in [7, 11) is 0. The lowest BCUT2D eigenvalue weighted by Crippen LogP contribution is -2.45. The minimum atomic E-state index is -0.254. The summed E-state index contributed by atoms with van der Waals surface area (Å²) in [6.07, 6.45) is 2.02. The smallest absolute Gasteiger partial charge is 0.340 e. The third kappa shape index (κ3) is 4.91. The number of nitrogens with one attached hydrogen (secondary N) is 2. The third-order valence-electron chi connectivity index (χ3n) is 6.05. The van der Waals surface area contributed by atoms with Crippen molar-refractivity contribution in [1.29, 1.82) is 0 Å². The molecule has 30 heavy (non-hydrogen) atoms. The first-order valence-electron chi connectivity index (χ1n) is 10.3. The number of aromatic nitrogens is 3. The van der Waals surface area contributed by atoms with E-state index < -0.39 is 0 Å². The number of hydrogen-bond acceptors (Lipinski definition) is 4. The molecule has 1 aromatic heterocycles. The summed E-state index contributed by atoms with van der Waals surface area (Å²) in [4.78, 5) is 16.4. The van der Waals surface area contributed by atoms with Crippen molar-refractivity contribution in [2.45, 2.75) is 37.8 Å². The Bertz CT molecular complexity index is 1010. The SMILES string of the molecule is CC(OCC1(c2ccccc2)CCN(Cc2n[nH]c(=O)[nH]2)CC1)c1cccc(Br)c1. The molecule has 3 aromatic rings. The standard InChI is InChI=1S/C23H27BrN4O2/c1-17(18-6-5-9-20(24)14-18)30-16-23(19-7-3-2-4-8-19)10-12-28(13-11-23)15-21-25-22(29)27-26-21/h2-9,14,17H,10-13,15-16H2,1H3,(H2,25,26,27,29). The molecule has 2 heterocycles. The van der Waals surface area contributed by atoms with Gasteiger partial charge in [-0.3, -0.25) is 9.88 Å². The van der Waals surface area contributed by atoms with Crippen molar-refractivity contribution in [2.75, 3.05) is 19.7 Å². The second-order valence-electron chi connectivity index (χ2n) is 8.06. The number of H-pyrrole nitrogens is 2. The minimum absolute atomic E-state index is 0.0168. The molecular weight excluding hydrogens is 444 g/mol. The Kier molecular flexibility index (Phi) is 6.51. The summed E-state index contributed by atoms with van der Waals surface area (Å²) in [6, 6.07) is 19.0. The molecule has 0 radical (unpaired) electrons. The van der Waals surface area contributed by atoms with E-state index in [-0.39, 0.29) is 17.2 Å². The van der Waals surface area contributed by atoms with Gasteiger partial charge >= 0.3 is 5.69 Å². The van der Waals surface area contributed by atoms with Gasteiger partial charge in [0.05, 0.1) is 19.3 Å². The Hall–Kier alpha value is -2.22. The summed E-state index contributed by atoms with van der Waals surface area (Å²) in [6.45, 7) is 5.30. The number of halogens is 1. The van der Waals surface area contributed by atoms with Crippen LogP contribution in [-0.4, -0.2) is 39.8 Å². The molecule has 1 atom stereocenters. The van der Waals surface area contributed by atoms with Crippen LogP contribution < -0.4 is 5.69 Å². The van der Waals surface area contributed by atoms with Crippen LogP contribution in [0.15, 0.2) is 63.9 Å². The zero-order valence-electron chi connectivity index (χ0n) is 17.1. The molecule has 0 bridgehead atoms. The molecule has 7 heteroatoms. The van der Waals surface area contributed by atoms with Gasteiger partial charge in [0.2, 0.25) is 0 Å². The second-order valence-corrected chi connectivity index (χ2v) is 8.97. The molecule has 1 saturated heterocycles. The predicted molar refractivity (Wildman–Crippen MR) is 120 cm³/mol. The van der Waals surface area contributed by atoms with Crippen molar-refractivity contribution in [3.8, 4) is 0 Å². The van der Waals surface area contributed by atoms with Gasteiger partial charge in [-0.2, -0.15) is 5.10 Å². The normalized spacial score (nSPS) is 17.7. The quantitative estimate of drug-likeness (QED) is 0.543. The van der Waals surface area contributed by atoms with Gasteiger partial charge in [-0.1, -0.05) is 58.4 Å². The van der Waals surface area contributed by atoms with E-state index in [1.165, 1.54) is 11.1 Å². The molecule has 0 spiro atoms. The molecule has 6 nitrogen and oxygen atoms in total. The van der Waals surface area contributed by atoms with Gasteiger partial charge < -0.3 is 4.74 Å². The summed E-state index contributed by atoms with van der Waals surface area (Å²) in [5, 5.41) is 6.48. The Morgan fingerprint density at radius 2 is 1.93 bits per heavy atom. The monoisotopic (exact) mass is 470 g/mol. The van der Waals surface area contributed by atoms with E-state index in [1.807, 2.05) is 12.1 Å². The highest BCUT2D eigenvalue weighted by atomic mass is 79.9. The number of likely N-dealkylation sites (tertiary alicyclic amines) is 1. The summed E-state index contributed by atoms with van der Waals surface area (Å²) < 4.78 is 7.50. The van der Waals surface area contributed by atoms with E-state index in [2.05, 4.69) is 85.4 Å². The number of hydrogen-bond donors (Lipinski definition) is 2. The van der Waals surface area contributed by atoms with Crippen LogP contribution >= 0.6 is 15.9 Å². The van der Waals surface area contributed by atoms with Crippen LogP contribution in [0.25, 0.3) is 0 Å². The predicted octanol–water partition coefficient (Wildman–Crippen LogP) is 4.17. The highest BCUT2D eigenvalue weighted by Crippen LogP contribution is 2.37. The van der Waals surface area contributed by atoms with Crippen LogP contribution in [0.5, 0.6) is 0 Å². The van der Waals surface area contributed by atoms with Crippen LogP contribution in [0.2, 0.25) is 0 Å². The molecule has 1 aliphatic heterocycles. The third-order valence-corrected chi connectivity index (χ3v) is 6.54. The van der Waals surface area contributed by atoms with Crippen LogP contribution in [0.4, 0.5) is 0 Å². The van der Waals surface area contributed by atoms with Gasteiger partial charge in [0.25, 0.3) is 0 Å². The molecule has 0 aliphatic carbocycles. The molecule has 1 unspecified atom stereocenters. The summed E-state index contributed by atoms with van der Waals surface area (Å²) >= 11 is 3.55. The lowest BCUT2D eigenvalue weighted by molar-refractivity contribution is 0.00244. The van der Waals surface area contributed by atoms with Crippen LogP contribution in [0, 0.1) is 0 Å². The number of rotatable bonds is 7. The van der Waals surface area contributed by atoms with Crippen LogP contribution in [0.1, 0.15) is 42.8 Å². The van der Waals surface area contributed by atoms with E-state index in [0.717, 1.165) is 30.4 Å². The van der Waals surface area contributed by atoms with Crippen molar-refractivity contribution in [2.24, 2.45) is 0 Å². The highest BCUT2D eigenvalue weighted by molar-refractivity contribution is 9.10. The summed E-state index contributed by atoms with van der Waals surface area (Å²) in [5.74, 6) is 0.687.